The van der Waals surface area contributed by atoms with E-state index >= 15 is 0 Å². The van der Waals surface area contributed by atoms with Crippen molar-refractivity contribution >= 4 is 34.4 Å². The normalized spacial score (nSPS) is 16.7. The molecule has 0 bridgehead atoms. The lowest BCUT2D eigenvalue weighted by Gasteiger charge is -2.16. The van der Waals surface area contributed by atoms with Crippen LogP contribution in [0.5, 0.6) is 5.75 Å². The van der Waals surface area contributed by atoms with Crippen LogP contribution >= 0.6 is 11.6 Å². The van der Waals surface area contributed by atoms with Gasteiger partial charge in [0.15, 0.2) is 12.3 Å². The van der Waals surface area contributed by atoms with E-state index in [2.05, 4.69) is 37.4 Å². The van der Waals surface area contributed by atoms with Crippen LogP contribution < -0.4 is 15.4 Å². The molecule has 0 radical (unpaired) electrons. The number of carbonyl (C=O) groups is 1. The monoisotopic (exact) mass is 428 g/mol. The Kier molecular flexibility index (Phi) is 6.06. The Morgan fingerprint density at radius 1 is 1.37 bits per heavy atom. The number of hydrogen-bond acceptors (Lipinski definition) is 6. The lowest BCUT2D eigenvalue weighted by molar-refractivity contribution is -0.122. The Morgan fingerprint density at radius 3 is 2.87 bits per heavy atom. The van der Waals surface area contributed by atoms with Crippen molar-refractivity contribution in [1.82, 2.24) is 25.2 Å². The van der Waals surface area contributed by atoms with Gasteiger partial charge in [-0.15, -0.1) is 0 Å². The number of aromatic nitrogens is 3. The summed E-state index contributed by atoms with van der Waals surface area (Å²) in [5, 5.41) is 6.68. The molecule has 0 spiro atoms. The average Bonchev–Trinajstić information content (AvgIpc) is 3.41. The van der Waals surface area contributed by atoms with Crippen molar-refractivity contribution in [2.75, 3.05) is 38.6 Å². The van der Waals surface area contributed by atoms with E-state index < -0.39 is 0 Å². The predicted octanol–water partition coefficient (Wildman–Crippen LogP) is 2.91. The first-order chi connectivity index (χ1) is 14.6. The largest absolute Gasteiger partial charge is 0.484 e. The number of carbonyl (C=O) groups excluding carboxylic acids is 1. The number of nitrogens with zero attached hydrogens (tertiary/aromatic N) is 3. The van der Waals surface area contributed by atoms with Crippen LogP contribution in [0.3, 0.4) is 0 Å². The number of nitrogens with one attached hydrogen (secondary N) is 3. The van der Waals surface area contributed by atoms with Gasteiger partial charge in [-0.3, -0.25) is 4.79 Å². The highest BCUT2D eigenvalue weighted by Crippen LogP contribution is 2.32. The zero-order chi connectivity index (χ0) is 21.1. The fourth-order valence-corrected chi connectivity index (χ4v) is 3.78. The van der Waals surface area contributed by atoms with Crippen molar-refractivity contribution in [3.8, 4) is 17.1 Å². The second-order valence-electron chi connectivity index (χ2n) is 7.27. The first-order valence-electron chi connectivity index (χ1n) is 10.0. The number of rotatable bonds is 7. The molecular formula is C21H25ClN6O2. The zero-order valence-electron chi connectivity index (χ0n) is 17.0. The van der Waals surface area contributed by atoms with Crippen LogP contribution in [0.2, 0.25) is 5.02 Å². The molecule has 3 heterocycles. The van der Waals surface area contributed by atoms with Crippen LogP contribution in [-0.4, -0.2) is 65.1 Å². The molecule has 1 atom stereocenters. The number of pyridine rings is 1. The molecule has 3 N–H and O–H groups in total. The summed E-state index contributed by atoms with van der Waals surface area (Å²) in [6.07, 6.45) is 2.71. The fraction of sp³-hybridized carbons (Fsp3) is 0.381. The van der Waals surface area contributed by atoms with E-state index in [4.69, 9.17) is 16.3 Å². The summed E-state index contributed by atoms with van der Waals surface area (Å²) < 4.78 is 5.45. The van der Waals surface area contributed by atoms with Crippen LogP contribution in [0.25, 0.3) is 22.6 Å². The number of fused-ring (bicyclic) bond motifs is 1. The summed E-state index contributed by atoms with van der Waals surface area (Å²) in [7, 11) is 1.58. The first-order valence-corrected chi connectivity index (χ1v) is 10.4. The summed E-state index contributed by atoms with van der Waals surface area (Å²) in [6.45, 7) is 5.29. The van der Waals surface area contributed by atoms with Crippen molar-refractivity contribution in [1.29, 1.82) is 0 Å². The number of benzene rings is 1. The minimum atomic E-state index is -0.177. The van der Waals surface area contributed by atoms with E-state index in [1.165, 1.54) is 0 Å². The maximum Gasteiger partial charge on any atom is 0.257 e. The Bertz CT molecular complexity index is 1040. The number of ether oxygens (including phenoxy) is 1. The van der Waals surface area contributed by atoms with Gasteiger partial charge in [0, 0.05) is 31.7 Å². The van der Waals surface area contributed by atoms with Gasteiger partial charge in [-0.05, 0) is 37.2 Å². The number of anilines is 1. The molecule has 1 aliphatic heterocycles. The molecule has 158 valence electrons. The molecule has 1 amide bonds. The summed E-state index contributed by atoms with van der Waals surface area (Å²) in [6, 6.07) is 7.74. The highest BCUT2D eigenvalue weighted by molar-refractivity contribution is 6.34. The maximum atomic E-state index is 11.3. The molecule has 4 rings (SSSR count). The van der Waals surface area contributed by atoms with Gasteiger partial charge in [0.2, 0.25) is 0 Å². The lowest BCUT2D eigenvalue weighted by atomic mass is 10.2. The number of likely N-dealkylation sites (tertiary alicyclic amines) is 1. The van der Waals surface area contributed by atoms with Crippen molar-refractivity contribution in [2.24, 2.45) is 0 Å². The summed E-state index contributed by atoms with van der Waals surface area (Å²) >= 11 is 6.46. The lowest BCUT2D eigenvalue weighted by Crippen LogP contribution is -2.26. The molecule has 1 saturated heterocycles. The van der Waals surface area contributed by atoms with Gasteiger partial charge < -0.3 is 25.3 Å². The number of likely N-dealkylation sites (N-methyl/N-ethyl adjacent to an activating group) is 2. The Balaban J connectivity index is 1.55. The summed E-state index contributed by atoms with van der Waals surface area (Å²) in [4.78, 5) is 26.1. The van der Waals surface area contributed by atoms with Gasteiger partial charge in [0.25, 0.3) is 5.91 Å². The number of H-pyrrole nitrogens is 1. The molecule has 1 aromatic carbocycles. The second kappa shape index (κ2) is 8.89. The number of amides is 1. The average molecular weight is 429 g/mol. The van der Waals surface area contributed by atoms with Crippen LogP contribution in [0, 0.1) is 0 Å². The quantitative estimate of drug-likeness (QED) is 0.535. The van der Waals surface area contributed by atoms with Gasteiger partial charge in [0.05, 0.1) is 16.9 Å². The molecule has 2 aromatic heterocycles. The second-order valence-corrected chi connectivity index (χ2v) is 7.68. The topological polar surface area (TPSA) is 95.2 Å². The molecular weight excluding hydrogens is 404 g/mol. The molecule has 1 fully saturated rings. The minimum absolute atomic E-state index is 0.0193. The first kappa shape index (κ1) is 20.4. The Morgan fingerprint density at radius 2 is 2.17 bits per heavy atom. The number of imidazole rings is 1. The molecule has 0 aliphatic carbocycles. The van der Waals surface area contributed by atoms with Crippen LogP contribution in [0.15, 0.2) is 30.5 Å². The summed E-state index contributed by atoms with van der Waals surface area (Å²) in [5.74, 6) is 1.13. The zero-order valence-corrected chi connectivity index (χ0v) is 17.8. The summed E-state index contributed by atoms with van der Waals surface area (Å²) in [5.41, 5.74) is 3.14. The standard InChI is InChI=1S/C21H25ClN6O2/c1-3-28-9-8-14(11-28)25-18-16(22)10-24-21-19(18)26-20(27-21)13-4-6-15(7-5-13)30-12-17(29)23-2/h4-7,10,14H,3,8-9,11-12H2,1-2H3,(H,23,29)(H2,24,25,26,27)/t14-/m0/s1. The Labute approximate surface area is 180 Å². The third-order valence-corrected chi connectivity index (χ3v) is 5.60. The third-order valence-electron chi connectivity index (χ3n) is 5.32. The molecule has 0 unspecified atom stereocenters. The van der Waals surface area contributed by atoms with Crippen molar-refractivity contribution in [3.63, 3.8) is 0 Å². The van der Waals surface area contributed by atoms with E-state index in [-0.39, 0.29) is 12.5 Å². The van der Waals surface area contributed by atoms with Crippen molar-refractivity contribution in [3.05, 3.63) is 35.5 Å². The van der Waals surface area contributed by atoms with Gasteiger partial charge in [-0.25, -0.2) is 9.97 Å². The molecule has 8 nitrogen and oxygen atoms in total. The highest BCUT2D eigenvalue weighted by atomic mass is 35.5. The van der Waals surface area contributed by atoms with E-state index in [1.54, 1.807) is 13.2 Å². The SMILES string of the molecule is CCN1CC[C@H](Nc2c(Cl)cnc3nc(-c4ccc(OCC(=O)NC)cc4)[nH]c23)C1. The van der Waals surface area contributed by atoms with Gasteiger partial charge >= 0.3 is 0 Å². The van der Waals surface area contributed by atoms with Crippen LogP contribution in [0.1, 0.15) is 13.3 Å². The minimum Gasteiger partial charge on any atom is -0.484 e. The number of aromatic amines is 1. The van der Waals surface area contributed by atoms with E-state index in [0.29, 0.717) is 28.3 Å². The number of hydrogen-bond donors (Lipinski definition) is 3. The maximum absolute atomic E-state index is 11.3. The van der Waals surface area contributed by atoms with Crippen molar-refractivity contribution in [2.45, 2.75) is 19.4 Å². The third kappa shape index (κ3) is 4.34. The molecule has 3 aromatic rings. The molecule has 30 heavy (non-hydrogen) atoms. The van der Waals surface area contributed by atoms with Crippen LogP contribution in [-0.2, 0) is 4.79 Å². The van der Waals surface area contributed by atoms with E-state index in [0.717, 1.165) is 42.8 Å². The molecule has 9 heteroatoms. The highest BCUT2D eigenvalue weighted by Gasteiger charge is 2.23. The van der Waals surface area contributed by atoms with Crippen molar-refractivity contribution < 1.29 is 9.53 Å². The number of halogens is 1. The van der Waals surface area contributed by atoms with Gasteiger partial charge in [-0.2, -0.15) is 0 Å². The van der Waals surface area contributed by atoms with Gasteiger partial charge in [-0.1, -0.05) is 18.5 Å². The van der Waals surface area contributed by atoms with Gasteiger partial charge in [0.1, 0.15) is 17.1 Å². The van der Waals surface area contributed by atoms with E-state index in [9.17, 15) is 4.79 Å². The fourth-order valence-electron chi connectivity index (χ4n) is 3.58. The van der Waals surface area contributed by atoms with Crippen LogP contribution in [0.4, 0.5) is 5.69 Å². The predicted molar refractivity (Wildman–Crippen MR) is 118 cm³/mol. The van der Waals surface area contributed by atoms with E-state index in [1.807, 2.05) is 24.3 Å². The Hall–Kier alpha value is -2.84. The molecule has 0 saturated carbocycles. The molecule has 1 aliphatic rings. The smallest absolute Gasteiger partial charge is 0.257 e.